The molecule has 0 aliphatic heterocycles. The predicted molar refractivity (Wildman–Crippen MR) is 62.4 cm³/mol. The molecule has 1 rings (SSSR count). The van der Waals surface area contributed by atoms with Crippen molar-refractivity contribution < 1.29 is 4.79 Å². The molecule has 3 nitrogen and oxygen atoms in total. The fourth-order valence-corrected chi connectivity index (χ4v) is 3.59. The summed E-state index contributed by atoms with van der Waals surface area (Å²) in [5.74, 6) is -0.217. The minimum Gasteiger partial charge on any atom is -0.368 e. The molecule has 1 aliphatic carbocycles. The van der Waals surface area contributed by atoms with Gasteiger partial charge in [-0.05, 0) is 37.1 Å². The van der Waals surface area contributed by atoms with Gasteiger partial charge in [0, 0.05) is 0 Å². The average molecular weight is 212 g/mol. The molecule has 0 saturated heterocycles. The second-order valence-corrected chi connectivity index (χ2v) is 6.56. The molecule has 0 bridgehead atoms. The lowest BCUT2D eigenvalue weighted by Crippen LogP contribution is -2.61. The number of amides is 1. The highest BCUT2D eigenvalue weighted by Gasteiger charge is 2.49. The van der Waals surface area contributed by atoms with Gasteiger partial charge in [0.15, 0.2) is 0 Å². The van der Waals surface area contributed by atoms with Crippen molar-refractivity contribution in [1.29, 1.82) is 0 Å². The predicted octanol–water partition coefficient (Wildman–Crippen LogP) is 1.67. The molecular formula is C12H24N2O. The van der Waals surface area contributed by atoms with Crippen molar-refractivity contribution in [2.75, 3.05) is 7.05 Å². The Balaban J connectivity index is 3.05. The van der Waals surface area contributed by atoms with Gasteiger partial charge in [-0.2, -0.15) is 0 Å². The smallest absolute Gasteiger partial charge is 0.237 e. The highest BCUT2D eigenvalue weighted by Crippen LogP contribution is 2.49. The normalized spacial score (nSPS) is 27.3. The molecule has 0 aromatic rings. The minimum atomic E-state index is -0.523. The van der Waals surface area contributed by atoms with Gasteiger partial charge in [0.1, 0.15) is 0 Å². The molecule has 1 amide bonds. The van der Waals surface area contributed by atoms with Gasteiger partial charge in [-0.1, -0.05) is 27.7 Å². The maximum atomic E-state index is 11.6. The van der Waals surface area contributed by atoms with Crippen molar-refractivity contribution in [3.63, 3.8) is 0 Å². The lowest BCUT2D eigenvalue weighted by molar-refractivity contribution is -0.130. The summed E-state index contributed by atoms with van der Waals surface area (Å²) in [7, 11) is 1.84. The number of nitrogens with one attached hydrogen (secondary N) is 1. The zero-order valence-electron chi connectivity index (χ0n) is 10.6. The van der Waals surface area contributed by atoms with E-state index in [9.17, 15) is 4.79 Å². The highest BCUT2D eigenvalue weighted by atomic mass is 16.1. The molecule has 3 N–H and O–H groups in total. The van der Waals surface area contributed by atoms with Gasteiger partial charge in [0.05, 0.1) is 5.54 Å². The highest BCUT2D eigenvalue weighted by molar-refractivity contribution is 5.85. The van der Waals surface area contributed by atoms with E-state index in [0.717, 1.165) is 19.3 Å². The molecule has 0 spiro atoms. The Labute approximate surface area is 92.8 Å². The molecule has 0 aromatic carbocycles. The maximum absolute atomic E-state index is 11.6. The Hall–Kier alpha value is -0.570. The zero-order chi connectivity index (χ0) is 11.9. The topological polar surface area (TPSA) is 55.1 Å². The third-order valence-electron chi connectivity index (χ3n) is 3.47. The molecule has 3 heteroatoms. The van der Waals surface area contributed by atoms with Gasteiger partial charge in [-0.25, -0.2) is 0 Å². The van der Waals surface area contributed by atoms with Crippen LogP contribution in [0.5, 0.6) is 0 Å². The summed E-state index contributed by atoms with van der Waals surface area (Å²) in [5, 5.41) is 3.15. The summed E-state index contributed by atoms with van der Waals surface area (Å²) in [5.41, 5.74) is 5.36. The first-order valence-corrected chi connectivity index (χ1v) is 5.61. The Morgan fingerprint density at radius 2 is 1.47 bits per heavy atom. The van der Waals surface area contributed by atoms with Crippen molar-refractivity contribution in [2.24, 2.45) is 16.6 Å². The van der Waals surface area contributed by atoms with Gasteiger partial charge in [0.25, 0.3) is 0 Å². The van der Waals surface area contributed by atoms with E-state index in [-0.39, 0.29) is 16.7 Å². The van der Waals surface area contributed by atoms with Crippen LogP contribution in [0.4, 0.5) is 0 Å². The van der Waals surface area contributed by atoms with Gasteiger partial charge >= 0.3 is 0 Å². The molecule has 0 heterocycles. The van der Waals surface area contributed by atoms with E-state index >= 15 is 0 Å². The van der Waals surface area contributed by atoms with Crippen molar-refractivity contribution in [3.8, 4) is 0 Å². The standard InChI is InChI=1S/C12H24N2O/c1-10(2)6-11(3,4)8-12(7-10,14-5)9(13)15/h14H,6-8H2,1-5H3,(H2,13,15). The lowest BCUT2D eigenvalue weighted by Gasteiger charge is -2.50. The van der Waals surface area contributed by atoms with E-state index in [1.54, 1.807) is 0 Å². The maximum Gasteiger partial charge on any atom is 0.237 e. The largest absolute Gasteiger partial charge is 0.368 e. The van der Waals surface area contributed by atoms with Crippen LogP contribution in [-0.2, 0) is 4.79 Å². The number of carbonyl (C=O) groups excluding carboxylic acids is 1. The van der Waals surface area contributed by atoms with Crippen LogP contribution in [0.25, 0.3) is 0 Å². The molecule has 0 aromatic heterocycles. The monoisotopic (exact) mass is 212 g/mol. The zero-order valence-corrected chi connectivity index (χ0v) is 10.6. The van der Waals surface area contributed by atoms with E-state index < -0.39 is 5.54 Å². The van der Waals surface area contributed by atoms with Crippen molar-refractivity contribution >= 4 is 5.91 Å². The van der Waals surface area contributed by atoms with E-state index in [1.165, 1.54) is 0 Å². The Morgan fingerprint density at radius 3 is 1.73 bits per heavy atom. The molecule has 0 atom stereocenters. The van der Waals surface area contributed by atoms with Crippen LogP contribution in [0, 0.1) is 10.8 Å². The lowest BCUT2D eigenvalue weighted by atomic mass is 9.58. The molecule has 0 radical (unpaired) electrons. The van der Waals surface area contributed by atoms with Crippen molar-refractivity contribution in [1.82, 2.24) is 5.32 Å². The Morgan fingerprint density at radius 1 is 1.07 bits per heavy atom. The van der Waals surface area contributed by atoms with Crippen LogP contribution in [0.2, 0.25) is 0 Å². The molecule has 1 aliphatic rings. The Kier molecular flexibility index (Phi) is 2.90. The van der Waals surface area contributed by atoms with Crippen LogP contribution in [0.1, 0.15) is 47.0 Å². The first-order chi connectivity index (χ1) is 6.63. The average Bonchev–Trinajstić information content (AvgIpc) is 1.97. The van der Waals surface area contributed by atoms with Gasteiger partial charge in [-0.3, -0.25) is 4.79 Å². The molecule has 15 heavy (non-hydrogen) atoms. The van der Waals surface area contributed by atoms with E-state index in [0.29, 0.717) is 0 Å². The second-order valence-electron chi connectivity index (χ2n) is 6.56. The van der Waals surface area contributed by atoms with E-state index in [2.05, 4.69) is 33.0 Å². The van der Waals surface area contributed by atoms with Crippen LogP contribution < -0.4 is 11.1 Å². The second kappa shape index (κ2) is 3.48. The van der Waals surface area contributed by atoms with Gasteiger partial charge in [-0.15, -0.1) is 0 Å². The Bertz CT molecular complexity index is 253. The third kappa shape index (κ3) is 2.51. The third-order valence-corrected chi connectivity index (χ3v) is 3.47. The van der Waals surface area contributed by atoms with Crippen LogP contribution in [0.15, 0.2) is 0 Å². The molecule has 1 saturated carbocycles. The summed E-state index contributed by atoms with van der Waals surface area (Å²) in [6.07, 6.45) is 2.79. The number of carbonyl (C=O) groups is 1. The van der Waals surface area contributed by atoms with Crippen molar-refractivity contribution in [2.45, 2.75) is 52.5 Å². The summed E-state index contributed by atoms with van der Waals surface area (Å²) < 4.78 is 0. The van der Waals surface area contributed by atoms with E-state index in [1.807, 2.05) is 7.05 Å². The van der Waals surface area contributed by atoms with Crippen LogP contribution >= 0.6 is 0 Å². The molecule has 0 unspecified atom stereocenters. The number of hydrogen-bond donors (Lipinski definition) is 2. The summed E-state index contributed by atoms with van der Waals surface area (Å²) in [6, 6.07) is 0. The molecule has 88 valence electrons. The van der Waals surface area contributed by atoms with Crippen molar-refractivity contribution in [3.05, 3.63) is 0 Å². The number of hydrogen-bond acceptors (Lipinski definition) is 2. The molecular weight excluding hydrogens is 188 g/mol. The van der Waals surface area contributed by atoms with Gasteiger partial charge < -0.3 is 11.1 Å². The van der Waals surface area contributed by atoms with E-state index in [4.69, 9.17) is 5.73 Å². The van der Waals surface area contributed by atoms with Crippen LogP contribution in [0.3, 0.4) is 0 Å². The quantitative estimate of drug-likeness (QED) is 0.731. The molecule has 1 fully saturated rings. The van der Waals surface area contributed by atoms with Gasteiger partial charge in [0.2, 0.25) is 5.91 Å². The number of likely N-dealkylation sites (N-methyl/N-ethyl adjacent to an activating group) is 1. The fourth-order valence-electron chi connectivity index (χ4n) is 3.59. The number of primary amides is 1. The SMILES string of the molecule is CNC1(C(N)=O)CC(C)(C)CC(C)(C)C1. The fraction of sp³-hybridized carbons (Fsp3) is 0.917. The first kappa shape index (κ1) is 12.5. The number of rotatable bonds is 2. The summed E-state index contributed by atoms with van der Waals surface area (Å²) in [6.45, 7) is 8.85. The first-order valence-electron chi connectivity index (χ1n) is 5.61. The summed E-state index contributed by atoms with van der Waals surface area (Å²) in [4.78, 5) is 11.6. The summed E-state index contributed by atoms with van der Waals surface area (Å²) >= 11 is 0. The minimum absolute atomic E-state index is 0.166. The number of nitrogens with two attached hydrogens (primary N) is 1. The van der Waals surface area contributed by atoms with Crippen LogP contribution in [-0.4, -0.2) is 18.5 Å².